The molecule has 1 aliphatic rings. The Morgan fingerprint density at radius 3 is 2.20 bits per heavy atom. The molecule has 2 aromatic carbocycles. The number of nitrogens with zero attached hydrogens (tertiary/aromatic N) is 2. The Balaban J connectivity index is 1.47. The summed E-state index contributed by atoms with van der Waals surface area (Å²) in [7, 11) is 0. The molecule has 0 N–H and O–H groups in total. The molecule has 35 heavy (non-hydrogen) atoms. The molecule has 6 heteroatoms. The summed E-state index contributed by atoms with van der Waals surface area (Å²) in [6.45, 7) is 3.88. The normalized spacial score (nSPS) is 15.2. The van der Waals surface area contributed by atoms with Gasteiger partial charge in [-0.1, -0.05) is 60.7 Å². The molecule has 2 heterocycles. The summed E-state index contributed by atoms with van der Waals surface area (Å²) in [5, 5.41) is 0. The summed E-state index contributed by atoms with van der Waals surface area (Å²) in [6.07, 6.45) is 2.90. The minimum absolute atomic E-state index is 0.0150. The molecule has 1 aromatic heterocycles. The van der Waals surface area contributed by atoms with Crippen LogP contribution in [0.2, 0.25) is 0 Å². The molecule has 184 valence electrons. The van der Waals surface area contributed by atoms with E-state index in [1.165, 1.54) is 0 Å². The van der Waals surface area contributed by atoms with E-state index in [1.807, 2.05) is 79.7 Å². The Morgan fingerprint density at radius 1 is 0.857 bits per heavy atom. The van der Waals surface area contributed by atoms with Crippen molar-refractivity contribution in [3.05, 3.63) is 95.4 Å². The number of ether oxygens (including phenoxy) is 1. The number of furan rings is 1. The van der Waals surface area contributed by atoms with Gasteiger partial charge in [0.15, 0.2) is 0 Å². The van der Waals surface area contributed by atoms with Crippen LogP contribution in [0.1, 0.15) is 41.9 Å². The lowest BCUT2D eigenvalue weighted by atomic mass is 10.1. The van der Waals surface area contributed by atoms with Gasteiger partial charge in [-0.15, -0.1) is 0 Å². The van der Waals surface area contributed by atoms with E-state index < -0.39 is 0 Å². The van der Waals surface area contributed by atoms with Crippen LogP contribution in [-0.4, -0.2) is 47.4 Å². The summed E-state index contributed by atoms with van der Waals surface area (Å²) in [6, 6.07) is 23.7. The summed E-state index contributed by atoms with van der Waals surface area (Å²) in [4.78, 5) is 30.3. The molecule has 1 atom stereocenters. The van der Waals surface area contributed by atoms with Gasteiger partial charge in [0.25, 0.3) is 0 Å². The van der Waals surface area contributed by atoms with Crippen LogP contribution in [0.25, 0.3) is 0 Å². The highest BCUT2D eigenvalue weighted by molar-refractivity contribution is 5.85. The van der Waals surface area contributed by atoms with Crippen LogP contribution < -0.4 is 0 Å². The van der Waals surface area contributed by atoms with Crippen LogP contribution in [0.4, 0.5) is 0 Å². The minimum Gasteiger partial charge on any atom is -0.464 e. The van der Waals surface area contributed by atoms with E-state index in [2.05, 4.69) is 0 Å². The zero-order valence-corrected chi connectivity index (χ0v) is 20.4. The molecule has 0 saturated carbocycles. The number of carbonyl (C=O) groups is 2. The SMILES string of the molecule is Cc1ccc(CN(Cc2ccccc2)C(=O)CN(CC2CCCO2)C(=O)CCc2ccccc2)o1. The van der Waals surface area contributed by atoms with Crippen LogP contribution in [-0.2, 0) is 33.8 Å². The molecule has 6 nitrogen and oxygen atoms in total. The standard InChI is InChI=1S/C29H34N2O4/c1-23-14-16-27(35-23)21-30(19-25-11-6-3-7-12-25)29(33)22-31(20-26-13-8-18-34-26)28(32)17-15-24-9-4-2-5-10-24/h2-7,9-12,14,16,26H,8,13,15,17-22H2,1H3. The summed E-state index contributed by atoms with van der Waals surface area (Å²) in [5.74, 6) is 1.41. The fourth-order valence-corrected chi connectivity index (χ4v) is 4.40. The molecule has 1 fully saturated rings. The van der Waals surface area contributed by atoms with Crippen molar-refractivity contribution < 1.29 is 18.7 Å². The number of hydrogen-bond acceptors (Lipinski definition) is 4. The number of aryl methyl sites for hydroxylation is 2. The van der Waals surface area contributed by atoms with Gasteiger partial charge in [-0.25, -0.2) is 0 Å². The Hall–Kier alpha value is -3.38. The van der Waals surface area contributed by atoms with Crippen molar-refractivity contribution >= 4 is 11.8 Å². The maximum absolute atomic E-state index is 13.6. The first-order chi connectivity index (χ1) is 17.1. The van der Waals surface area contributed by atoms with Crippen LogP contribution in [0, 0.1) is 6.92 Å². The Morgan fingerprint density at radius 2 is 1.57 bits per heavy atom. The molecule has 0 aliphatic carbocycles. The van der Waals surface area contributed by atoms with Gasteiger partial charge in [0.2, 0.25) is 11.8 Å². The molecule has 0 bridgehead atoms. The van der Waals surface area contributed by atoms with Gasteiger partial charge in [-0.2, -0.15) is 0 Å². The highest BCUT2D eigenvalue weighted by Gasteiger charge is 2.26. The number of benzene rings is 2. The van der Waals surface area contributed by atoms with E-state index in [1.54, 1.807) is 9.80 Å². The lowest BCUT2D eigenvalue weighted by molar-refractivity contribution is -0.142. The van der Waals surface area contributed by atoms with E-state index in [9.17, 15) is 9.59 Å². The first-order valence-electron chi connectivity index (χ1n) is 12.4. The van der Waals surface area contributed by atoms with Gasteiger partial charge in [-0.05, 0) is 49.4 Å². The van der Waals surface area contributed by atoms with Gasteiger partial charge in [0.1, 0.15) is 11.5 Å². The number of amides is 2. The van der Waals surface area contributed by atoms with Gasteiger partial charge < -0.3 is 19.0 Å². The fourth-order valence-electron chi connectivity index (χ4n) is 4.40. The van der Waals surface area contributed by atoms with E-state index in [4.69, 9.17) is 9.15 Å². The van der Waals surface area contributed by atoms with E-state index >= 15 is 0 Å². The van der Waals surface area contributed by atoms with Gasteiger partial charge in [0.05, 0.1) is 19.2 Å². The largest absolute Gasteiger partial charge is 0.464 e. The average Bonchev–Trinajstić information content (AvgIpc) is 3.54. The third kappa shape index (κ3) is 7.55. The van der Waals surface area contributed by atoms with Crippen molar-refractivity contribution in [1.82, 2.24) is 9.80 Å². The quantitative estimate of drug-likeness (QED) is 0.402. The topological polar surface area (TPSA) is 63.0 Å². The molecule has 0 spiro atoms. The molecule has 1 unspecified atom stereocenters. The van der Waals surface area contributed by atoms with E-state index in [0.29, 0.717) is 39.1 Å². The third-order valence-electron chi connectivity index (χ3n) is 6.31. The second kappa shape index (κ2) is 12.4. The second-order valence-electron chi connectivity index (χ2n) is 9.14. The van der Waals surface area contributed by atoms with Crippen molar-refractivity contribution in [3.63, 3.8) is 0 Å². The Kier molecular flexibility index (Phi) is 8.74. The highest BCUT2D eigenvalue weighted by atomic mass is 16.5. The van der Waals surface area contributed by atoms with Crippen LogP contribution in [0.15, 0.2) is 77.2 Å². The van der Waals surface area contributed by atoms with Crippen LogP contribution in [0.3, 0.4) is 0 Å². The van der Waals surface area contributed by atoms with Gasteiger partial charge >= 0.3 is 0 Å². The first-order valence-corrected chi connectivity index (χ1v) is 12.4. The lowest BCUT2D eigenvalue weighted by Crippen LogP contribution is -2.45. The molecule has 0 radical (unpaired) electrons. The second-order valence-corrected chi connectivity index (χ2v) is 9.14. The van der Waals surface area contributed by atoms with Gasteiger partial charge in [0, 0.05) is 26.1 Å². The molecule has 4 rings (SSSR count). The van der Waals surface area contributed by atoms with Gasteiger partial charge in [-0.3, -0.25) is 9.59 Å². The summed E-state index contributed by atoms with van der Waals surface area (Å²) >= 11 is 0. The molecule has 1 aliphatic heterocycles. The first kappa shape index (κ1) is 24.7. The molecule has 1 saturated heterocycles. The van der Waals surface area contributed by atoms with Crippen LogP contribution >= 0.6 is 0 Å². The highest BCUT2D eigenvalue weighted by Crippen LogP contribution is 2.17. The third-order valence-corrected chi connectivity index (χ3v) is 6.31. The Bertz CT molecular complexity index is 1070. The fraction of sp³-hybridized carbons (Fsp3) is 0.379. The maximum Gasteiger partial charge on any atom is 0.242 e. The zero-order valence-electron chi connectivity index (χ0n) is 20.4. The van der Waals surface area contributed by atoms with Crippen LogP contribution in [0.5, 0.6) is 0 Å². The number of carbonyl (C=O) groups excluding carboxylic acids is 2. The van der Waals surface area contributed by atoms with Crippen molar-refractivity contribution in [2.75, 3.05) is 19.7 Å². The number of hydrogen-bond donors (Lipinski definition) is 0. The smallest absolute Gasteiger partial charge is 0.242 e. The molecule has 2 amide bonds. The number of rotatable bonds is 11. The van der Waals surface area contributed by atoms with Crippen molar-refractivity contribution in [3.8, 4) is 0 Å². The zero-order chi connectivity index (χ0) is 24.5. The summed E-state index contributed by atoms with van der Waals surface area (Å²) in [5.41, 5.74) is 2.15. The summed E-state index contributed by atoms with van der Waals surface area (Å²) < 4.78 is 11.6. The minimum atomic E-state index is -0.103. The lowest BCUT2D eigenvalue weighted by Gasteiger charge is -2.29. The average molecular weight is 475 g/mol. The molecular weight excluding hydrogens is 440 g/mol. The Labute approximate surface area is 207 Å². The predicted octanol–water partition coefficient (Wildman–Crippen LogP) is 4.76. The monoisotopic (exact) mass is 474 g/mol. The van der Waals surface area contributed by atoms with Crippen molar-refractivity contribution in [2.45, 2.75) is 51.8 Å². The molecule has 3 aromatic rings. The van der Waals surface area contributed by atoms with Crippen molar-refractivity contribution in [1.29, 1.82) is 0 Å². The van der Waals surface area contributed by atoms with Crippen molar-refractivity contribution in [2.24, 2.45) is 0 Å². The van der Waals surface area contributed by atoms with E-state index in [-0.39, 0.29) is 24.5 Å². The molecular formula is C29H34N2O4. The maximum atomic E-state index is 13.6. The van der Waals surface area contributed by atoms with E-state index in [0.717, 1.165) is 35.5 Å². The predicted molar refractivity (Wildman–Crippen MR) is 134 cm³/mol.